The standard InChI is InChI=1S/C24H37N3O9/c1-18-2-7-22(30)27(18)36-24(32)20-5-3-19(4-6-20)23(31)26-10-13-34-15-17-35-16-14-33-12-8-21(29)25-9-11-28/h11,19-20H,1-10,12-17H2,(H,25,29)(H,26,31). The van der Waals surface area contributed by atoms with Crippen LogP contribution in [0.3, 0.4) is 0 Å². The van der Waals surface area contributed by atoms with Crippen molar-refractivity contribution < 1.29 is 43.0 Å². The van der Waals surface area contributed by atoms with E-state index in [2.05, 4.69) is 17.2 Å². The first kappa shape index (κ1) is 29.4. The second kappa shape index (κ2) is 16.8. The van der Waals surface area contributed by atoms with Crippen molar-refractivity contribution in [3.63, 3.8) is 0 Å². The Morgan fingerprint density at radius 1 is 0.889 bits per heavy atom. The number of carbonyl (C=O) groups is 5. The summed E-state index contributed by atoms with van der Waals surface area (Å²) in [4.78, 5) is 63.0. The molecule has 3 amide bonds. The summed E-state index contributed by atoms with van der Waals surface area (Å²) in [6.07, 6.45) is 3.86. The Balaban J connectivity index is 1.42. The van der Waals surface area contributed by atoms with Crippen LogP contribution in [0.15, 0.2) is 12.3 Å². The van der Waals surface area contributed by atoms with E-state index in [1.807, 2.05) is 0 Å². The molecule has 36 heavy (non-hydrogen) atoms. The van der Waals surface area contributed by atoms with Gasteiger partial charge in [0.05, 0.1) is 57.8 Å². The Bertz CT molecular complexity index is 750. The molecule has 0 aromatic heterocycles. The van der Waals surface area contributed by atoms with Crippen molar-refractivity contribution in [2.24, 2.45) is 11.8 Å². The smallest absolute Gasteiger partial charge is 0.336 e. The minimum atomic E-state index is -0.439. The van der Waals surface area contributed by atoms with Gasteiger partial charge in [0.1, 0.15) is 6.29 Å². The summed E-state index contributed by atoms with van der Waals surface area (Å²) < 4.78 is 16.1. The molecule has 2 aliphatic rings. The number of aldehydes is 1. The van der Waals surface area contributed by atoms with Crippen LogP contribution in [0.1, 0.15) is 44.9 Å². The Morgan fingerprint density at radius 3 is 2.11 bits per heavy atom. The number of ether oxygens (including phenoxy) is 3. The fourth-order valence-electron chi connectivity index (χ4n) is 3.84. The molecule has 0 bridgehead atoms. The molecule has 1 saturated heterocycles. The molecular weight excluding hydrogens is 474 g/mol. The van der Waals surface area contributed by atoms with E-state index in [1.54, 1.807) is 0 Å². The molecule has 1 saturated carbocycles. The summed E-state index contributed by atoms with van der Waals surface area (Å²) in [6.45, 7) is 6.22. The molecule has 1 aliphatic heterocycles. The Morgan fingerprint density at radius 2 is 1.50 bits per heavy atom. The van der Waals surface area contributed by atoms with Gasteiger partial charge in [-0.2, -0.15) is 0 Å². The number of rotatable bonds is 17. The second-order valence-corrected chi connectivity index (χ2v) is 8.56. The highest BCUT2D eigenvalue weighted by Crippen LogP contribution is 2.31. The lowest BCUT2D eigenvalue weighted by molar-refractivity contribution is -0.191. The van der Waals surface area contributed by atoms with Gasteiger partial charge in [0.15, 0.2) is 0 Å². The molecule has 12 heteroatoms. The summed E-state index contributed by atoms with van der Waals surface area (Å²) in [6, 6.07) is 0. The van der Waals surface area contributed by atoms with E-state index in [0.29, 0.717) is 90.1 Å². The lowest BCUT2D eigenvalue weighted by atomic mass is 9.81. The van der Waals surface area contributed by atoms with Crippen molar-refractivity contribution in [2.75, 3.05) is 52.7 Å². The van der Waals surface area contributed by atoms with Gasteiger partial charge in [-0.05, 0) is 32.1 Å². The highest BCUT2D eigenvalue weighted by molar-refractivity contribution is 5.83. The van der Waals surface area contributed by atoms with Crippen LogP contribution in [0, 0.1) is 11.8 Å². The van der Waals surface area contributed by atoms with Gasteiger partial charge in [-0.25, -0.2) is 4.79 Å². The Hall–Kier alpha value is -2.83. The van der Waals surface area contributed by atoms with Crippen LogP contribution in [0.5, 0.6) is 0 Å². The fraction of sp³-hybridized carbons (Fsp3) is 0.708. The number of nitrogens with one attached hydrogen (secondary N) is 2. The van der Waals surface area contributed by atoms with Gasteiger partial charge in [0, 0.05) is 25.3 Å². The maximum Gasteiger partial charge on any atom is 0.336 e. The summed E-state index contributed by atoms with van der Waals surface area (Å²) in [5.41, 5.74) is 0.496. The predicted octanol–water partition coefficient (Wildman–Crippen LogP) is 0.258. The fourth-order valence-corrected chi connectivity index (χ4v) is 3.84. The zero-order chi connectivity index (χ0) is 26.2. The number of nitrogens with zero attached hydrogens (tertiary/aromatic N) is 1. The van der Waals surface area contributed by atoms with E-state index < -0.39 is 5.97 Å². The van der Waals surface area contributed by atoms with Gasteiger partial charge in [-0.3, -0.25) is 14.4 Å². The highest BCUT2D eigenvalue weighted by Gasteiger charge is 2.34. The maximum absolute atomic E-state index is 12.4. The van der Waals surface area contributed by atoms with Gasteiger partial charge in [-0.1, -0.05) is 6.58 Å². The van der Waals surface area contributed by atoms with E-state index in [4.69, 9.17) is 19.0 Å². The van der Waals surface area contributed by atoms with E-state index in [9.17, 15) is 24.0 Å². The minimum Gasteiger partial charge on any atom is -0.379 e. The number of amides is 3. The van der Waals surface area contributed by atoms with Crippen LogP contribution in [0.25, 0.3) is 0 Å². The molecule has 0 unspecified atom stereocenters. The number of hydrogen-bond donors (Lipinski definition) is 2. The molecule has 202 valence electrons. The van der Waals surface area contributed by atoms with Gasteiger partial charge in [-0.15, -0.1) is 5.06 Å². The zero-order valence-electron chi connectivity index (χ0n) is 20.7. The molecular formula is C24H37N3O9. The first-order valence-corrected chi connectivity index (χ1v) is 12.4. The van der Waals surface area contributed by atoms with Crippen molar-refractivity contribution >= 4 is 30.0 Å². The van der Waals surface area contributed by atoms with Crippen molar-refractivity contribution in [3.8, 4) is 0 Å². The van der Waals surface area contributed by atoms with E-state index >= 15 is 0 Å². The van der Waals surface area contributed by atoms with Crippen molar-refractivity contribution in [1.29, 1.82) is 0 Å². The monoisotopic (exact) mass is 511 g/mol. The van der Waals surface area contributed by atoms with Crippen LogP contribution in [0.2, 0.25) is 0 Å². The molecule has 1 heterocycles. The zero-order valence-corrected chi connectivity index (χ0v) is 20.7. The molecule has 0 aromatic carbocycles. The van der Waals surface area contributed by atoms with Gasteiger partial charge < -0.3 is 34.5 Å². The molecule has 0 radical (unpaired) electrons. The summed E-state index contributed by atoms with van der Waals surface area (Å²) in [5, 5.41) is 6.28. The first-order valence-electron chi connectivity index (χ1n) is 12.4. The molecule has 2 rings (SSSR count). The lowest BCUT2D eigenvalue weighted by Gasteiger charge is -2.27. The first-order chi connectivity index (χ1) is 17.4. The number of allylic oxidation sites excluding steroid dienone is 1. The van der Waals surface area contributed by atoms with Crippen LogP contribution >= 0.6 is 0 Å². The maximum atomic E-state index is 12.4. The van der Waals surface area contributed by atoms with E-state index in [-0.39, 0.29) is 49.1 Å². The molecule has 0 spiro atoms. The topological polar surface area (TPSA) is 150 Å². The lowest BCUT2D eigenvalue weighted by Crippen LogP contribution is -2.37. The van der Waals surface area contributed by atoms with Crippen LogP contribution in [-0.2, 0) is 43.0 Å². The third kappa shape index (κ3) is 10.8. The SMILES string of the molecule is C=C1CCC(=O)N1OC(=O)C1CCC(C(=O)NCCOCCOCCOCCC(=O)NCC=O)CC1. The van der Waals surface area contributed by atoms with E-state index in [0.717, 1.165) is 5.06 Å². The van der Waals surface area contributed by atoms with Crippen molar-refractivity contribution in [1.82, 2.24) is 15.7 Å². The quantitative estimate of drug-likeness (QED) is 0.207. The number of carbonyl (C=O) groups excluding carboxylic acids is 5. The molecule has 1 aliphatic carbocycles. The van der Waals surface area contributed by atoms with Gasteiger partial charge in [0.2, 0.25) is 11.8 Å². The normalized spacial score (nSPS) is 19.7. The third-order valence-electron chi connectivity index (χ3n) is 5.90. The highest BCUT2D eigenvalue weighted by atomic mass is 16.7. The van der Waals surface area contributed by atoms with Crippen molar-refractivity contribution in [3.05, 3.63) is 12.3 Å². The third-order valence-corrected chi connectivity index (χ3v) is 5.90. The molecule has 0 aromatic rings. The average molecular weight is 512 g/mol. The Labute approximate surface area is 211 Å². The van der Waals surface area contributed by atoms with Gasteiger partial charge >= 0.3 is 5.97 Å². The molecule has 2 fully saturated rings. The largest absolute Gasteiger partial charge is 0.379 e. The number of hydrogen-bond acceptors (Lipinski definition) is 9. The summed E-state index contributed by atoms with van der Waals surface area (Å²) >= 11 is 0. The number of hydroxylamine groups is 2. The molecule has 0 atom stereocenters. The minimum absolute atomic E-state index is 0.00575. The van der Waals surface area contributed by atoms with Crippen molar-refractivity contribution in [2.45, 2.75) is 44.9 Å². The van der Waals surface area contributed by atoms with Crippen LogP contribution in [-0.4, -0.2) is 87.8 Å². The summed E-state index contributed by atoms with van der Waals surface area (Å²) in [5.74, 6) is -1.46. The summed E-state index contributed by atoms with van der Waals surface area (Å²) in [7, 11) is 0. The van der Waals surface area contributed by atoms with Crippen LogP contribution < -0.4 is 10.6 Å². The van der Waals surface area contributed by atoms with Gasteiger partial charge in [0.25, 0.3) is 5.91 Å². The van der Waals surface area contributed by atoms with E-state index in [1.165, 1.54) is 0 Å². The molecule has 2 N–H and O–H groups in total. The molecule has 12 nitrogen and oxygen atoms in total. The second-order valence-electron chi connectivity index (χ2n) is 8.56. The Kier molecular flexibility index (Phi) is 13.7. The predicted molar refractivity (Wildman–Crippen MR) is 126 cm³/mol. The average Bonchev–Trinajstić information content (AvgIpc) is 3.20. The van der Waals surface area contributed by atoms with Crippen LogP contribution in [0.4, 0.5) is 0 Å².